The quantitative estimate of drug-likeness (QED) is 0.763. The molecule has 1 aliphatic rings. The molecule has 1 unspecified atom stereocenters. The number of carbonyl (C=O) groups is 2. The summed E-state index contributed by atoms with van der Waals surface area (Å²) in [7, 11) is 1.36. The first-order valence-electron chi connectivity index (χ1n) is 6.05. The number of hydrogen-bond donors (Lipinski definition) is 0. The number of rotatable bonds is 3. The van der Waals surface area contributed by atoms with E-state index in [0.717, 1.165) is 11.1 Å². The second-order valence-electron chi connectivity index (χ2n) is 4.53. The summed E-state index contributed by atoms with van der Waals surface area (Å²) >= 11 is 0. The molecule has 4 heteroatoms. The summed E-state index contributed by atoms with van der Waals surface area (Å²) in [5.41, 5.74) is 2.20. The Labute approximate surface area is 107 Å². The van der Waals surface area contributed by atoms with E-state index >= 15 is 0 Å². The molecule has 0 radical (unpaired) electrons. The maximum Gasteiger partial charge on any atom is 0.328 e. The Morgan fingerprint density at radius 2 is 2.17 bits per heavy atom. The minimum absolute atomic E-state index is 0.0219. The maximum atomic E-state index is 11.8. The summed E-state index contributed by atoms with van der Waals surface area (Å²) < 4.78 is 4.75. The number of amides is 1. The molecule has 96 valence electrons. The summed E-state index contributed by atoms with van der Waals surface area (Å²) in [4.78, 5) is 25.1. The van der Waals surface area contributed by atoms with Crippen molar-refractivity contribution in [3.8, 4) is 0 Å². The van der Waals surface area contributed by atoms with Crippen LogP contribution in [-0.4, -0.2) is 29.9 Å². The fourth-order valence-corrected chi connectivity index (χ4v) is 2.28. The largest absolute Gasteiger partial charge is 0.467 e. The first-order chi connectivity index (χ1) is 8.63. The van der Waals surface area contributed by atoms with E-state index in [1.165, 1.54) is 7.11 Å². The lowest BCUT2D eigenvalue weighted by Crippen LogP contribution is -2.38. The second-order valence-corrected chi connectivity index (χ2v) is 4.53. The molecule has 18 heavy (non-hydrogen) atoms. The van der Waals surface area contributed by atoms with E-state index in [4.69, 9.17) is 4.74 Å². The molecular weight excluding hydrogens is 230 g/mol. The molecule has 1 heterocycles. The van der Waals surface area contributed by atoms with Crippen molar-refractivity contribution < 1.29 is 14.3 Å². The zero-order chi connectivity index (χ0) is 13.1. The zero-order valence-electron chi connectivity index (χ0n) is 10.7. The average Bonchev–Trinajstić information content (AvgIpc) is 2.73. The van der Waals surface area contributed by atoms with Crippen LogP contribution in [0.15, 0.2) is 24.3 Å². The van der Waals surface area contributed by atoms with Crippen molar-refractivity contribution in [3.05, 3.63) is 35.4 Å². The summed E-state index contributed by atoms with van der Waals surface area (Å²) in [6, 6.07) is 7.46. The number of hydrogen-bond acceptors (Lipinski definition) is 3. The predicted octanol–water partition coefficient (Wildman–Crippen LogP) is 1.66. The van der Waals surface area contributed by atoms with Gasteiger partial charge in [-0.15, -0.1) is 0 Å². The van der Waals surface area contributed by atoms with Crippen molar-refractivity contribution in [2.75, 3.05) is 7.11 Å². The van der Waals surface area contributed by atoms with E-state index in [0.29, 0.717) is 19.4 Å². The van der Waals surface area contributed by atoms with Gasteiger partial charge in [-0.25, -0.2) is 4.79 Å². The van der Waals surface area contributed by atoms with Crippen LogP contribution in [0, 0.1) is 6.92 Å². The lowest BCUT2D eigenvalue weighted by atomic mass is 10.1. The van der Waals surface area contributed by atoms with Gasteiger partial charge in [0.15, 0.2) is 0 Å². The monoisotopic (exact) mass is 247 g/mol. The first-order valence-corrected chi connectivity index (χ1v) is 6.05. The molecule has 4 nitrogen and oxygen atoms in total. The van der Waals surface area contributed by atoms with Crippen LogP contribution in [0.1, 0.15) is 24.0 Å². The Bertz CT molecular complexity index is 470. The molecule has 0 bridgehead atoms. The summed E-state index contributed by atoms with van der Waals surface area (Å²) in [6.07, 6.45) is 0.975. The third kappa shape index (κ3) is 2.37. The van der Waals surface area contributed by atoms with Crippen molar-refractivity contribution in [1.29, 1.82) is 0 Å². The highest BCUT2D eigenvalue weighted by Crippen LogP contribution is 2.23. The number of ether oxygens (including phenoxy) is 1. The highest BCUT2D eigenvalue weighted by Gasteiger charge is 2.36. The van der Waals surface area contributed by atoms with Gasteiger partial charge < -0.3 is 9.64 Å². The number of benzene rings is 1. The van der Waals surface area contributed by atoms with E-state index in [9.17, 15) is 9.59 Å². The molecule has 1 aromatic rings. The number of aryl methyl sites for hydroxylation is 1. The standard InChI is InChI=1S/C14H17NO3/c1-10-5-3-4-6-11(10)9-15-12(14(17)18-2)7-8-13(15)16/h3-6,12H,7-9H2,1-2H3. The van der Waals surface area contributed by atoms with Gasteiger partial charge in [-0.3, -0.25) is 4.79 Å². The van der Waals surface area contributed by atoms with Gasteiger partial charge in [-0.2, -0.15) is 0 Å². The fraction of sp³-hybridized carbons (Fsp3) is 0.429. The van der Waals surface area contributed by atoms with E-state index in [2.05, 4.69) is 0 Å². The molecule has 0 spiro atoms. The Morgan fingerprint density at radius 1 is 1.44 bits per heavy atom. The topological polar surface area (TPSA) is 46.6 Å². The average molecular weight is 247 g/mol. The van der Waals surface area contributed by atoms with Crippen LogP contribution in [0.5, 0.6) is 0 Å². The molecule has 0 aromatic heterocycles. The third-order valence-corrected chi connectivity index (χ3v) is 3.40. The van der Waals surface area contributed by atoms with E-state index < -0.39 is 6.04 Å². The third-order valence-electron chi connectivity index (χ3n) is 3.40. The highest BCUT2D eigenvalue weighted by molar-refractivity contribution is 5.88. The van der Waals surface area contributed by atoms with E-state index in [1.54, 1.807) is 4.90 Å². The highest BCUT2D eigenvalue weighted by atomic mass is 16.5. The summed E-state index contributed by atoms with van der Waals surface area (Å²) in [6.45, 7) is 2.48. The molecule has 0 saturated carbocycles. The molecule has 0 N–H and O–H groups in total. The van der Waals surface area contributed by atoms with Gasteiger partial charge in [-0.1, -0.05) is 24.3 Å². The number of nitrogens with zero attached hydrogens (tertiary/aromatic N) is 1. The Morgan fingerprint density at radius 3 is 2.83 bits per heavy atom. The fourth-order valence-electron chi connectivity index (χ4n) is 2.28. The molecule has 1 aliphatic heterocycles. The predicted molar refractivity (Wildman–Crippen MR) is 66.8 cm³/mol. The molecule has 1 fully saturated rings. The summed E-state index contributed by atoms with van der Waals surface area (Å²) in [5.74, 6) is -0.303. The van der Waals surface area contributed by atoms with Gasteiger partial charge in [0.2, 0.25) is 5.91 Å². The minimum atomic E-state index is -0.429. The van der Waals surface area contributed by atoms with E-state index in [-0.39, 0.29) is 11.9 Å². The van der Waals surface area contributed by atoms with Gasteiger partial charge in [-0.05, 0) is 24.5 Å². The van der Waals surface area contributed by atoms with Crippen LogP contribution < -0.4 is 0 Å². The second kappa shape index (κ2) is 5.21. The lowest BCUT2D eigenvalue weighted by Gasteiger charge is -2.23. The lowest BCUT2D eigenvalue weighted by molar-refractivity contribution is -0.149. The number of likely N-dealkylation sites (tertiary alicyclic amines) is 1. The SMILES string of the molecule is COC(=O)C1CCC(=O)N1Cc1ccccc1C. The van der Waals surface area contributed by atoms with Crippen molar-refractivity contribution in [2.45, 2.75) is 32.4 Å². The molecule has 2 rings (SSSR count). The van der Waals surface area contributed by atoms with Gasteiger partial charge in [0.05, 0.1) is 7.11 Å². The van der Waals surface area contributed by atoms with Crippen LogP contribution in [0.2, 0.25) is 0 Å². The van der Waals surface area contributed by atoms with Crippen LogP contribution in [0.25, 0.3) is 0 Å². The number of esters is 1. The van der Waals surface area contributed by atoms with Crippen molar-refractivity contribution in [1.82, 2.24) is 4.90 Å². The Kier molecular flexibility index (Phi) is 3.65. The molecule has 1 saturated heterocycles. The van der Waals surface area contributed by atoms with E-state index in [1.807, 2.05) is 31.2 Å². The van der Waals surface area contributed by atoms with Gasteiger partial charge in [0.25, 0.3) is 0 Å². The van der Waals surface area contributed by atoms with Crippen LogP contribution in [0.3, 0.4) is 0 Å². The molecule has 1 amide bonds. The van der Waals surface area contributed by atoms with Gasteiger partial charge in [0.1, 0.15) is 6.04 Å². The van der Waals surface area contributed by atoms with Crippen molar-refractivity contribution in [2.24, 2.45) is 0 Å². The summed E-state index contributed by atoms with van der Waals surface area (Å²) in [5, 5.41) is 0. The van der Waals surface area contributed by atoms with Gasteiger partial charge >= 0.3 is 5.97 Å². The normalized spacial score (nSPS) is 19.1. The number of carbonyl (C=O) groups excluding carboxylic acids is 2. The first kappa shape index (κ1) is 12.6. The minimum Gasteiger partial charge on any atom is -0.467 e. The number of methoxy groups -OCH3 is 1. The smallest absolute Gasteiger partial charge is 0.328 e. The Balaban J connectivity index is 2.18. The van der Waals surface area contributed by atoms with Crippen LogP contribution in [0.4, 0.5) is 0 Å². The molecule has 0 aliphatic carbocycles. The van der Waals surface area contributed by atoms with Gasteiger partial charge in [0, 0.05) is 13.0 Å². The molecular formula is C14H17NO3. The maximum absolute atomic E-state index is 11.8. The van der Waals surface area contributed by atoms with Crippen molar-refractivity contribution in [3.63, 3.8) is 0 Å². The van der Waals surface area contributed by atoms with Crippen molar-refractivity contribution >= 4 is 11.9 Å². The molecule has 1 atom stereocenters. The zero-order valence-corrected chi connectivity index (χ0v) is 10.7. The van der Waals surface area contributed by atoms with Crippen LogP contribution in [-0.2, 0) is 20.9 Å². The molecule has 1 aromatic carbocycles. The van der Waals surface area contributed by atoms with Crippen LogP contribution >= 0.6 is 0 Å². The Hall–Kier alpha value is -1.84.